The number of nitrogens with one attached hydrogen (secondary N) is 1. The topological polar surface area (TPSA) is 32.3 Å². The van der Waals surface area contributed by atoms with E-state index >= 15 is 0 Å². The second kappa shape index (κ2) is 7.16. The van der Waals surface area contributed by atoms with E-state index in [1.54, 1.807) is 12.1 Å². The van der Waals surface area contributed by atoms with Gasteiger partial charge >= 0.3 is 0 Å². The zero-order valence-corrected chi connectivity index (χ0v) is 14.5. The highest BCUT2D eigenvalue weighted by molar-refractivity contribution is 5.79. The molecule has 2 aliphatic heterocycles. The van der Waals surface area contributed by atoms with Crippen LogP contribution < -0.4 is 5.32 Å². The summed E-state index contributed by atoms with van der Waals surface area (Å²) in [7, 11) is 0. The number of hydrogen-bond donors (Lipinski definition) is 1. The standard InChI is InChI=1S/C21H22F2N2O/c22-16-8-6-15(7-9-16)18-13-24-19-5-2-10-25(21(18)19)20(26)12-14-3-1-4-17(23)11-14/h1,3-4,6-9,11,18-19,21,24H,2,5,10,12-13H2/t18-,19-,21-/m1/s1. The summed E-state index contributed by atoms with van der Waals surface area (Å²) in [6.07, 6.45) is 2.20. The Kier molecular flexibility index (Phi) is 4.72. The second-order valence-electron chi connectivity index (χ2n) is 7.20. The average molecular weight is 356 g/mol. The first-order valence-corrected chi connectivity index (χ1v) is 9.14. The minimum atomic E-state index is -0.321. The quantitative estimate of drug-likeness (QED) is 0.916. The van der Waals surface area contributed by atoms with E-state index < -0.39 is 0 Å². The molecule has 5 heteroatoms. The summed E-state index contributed by atoms with van der Waals surface area (Å²) in [6.45, 7) is 1.50. The van der Waals surface area contributed by atoms with Crippen LogP contribution in [-0.2, 0) is 11.2 Å². The van der Waals surface area contributed by atoms with E-state index in [0.717, 1.165) is 24.9 Å². The molecule has 0 saturated carbocycles. The van der Waals surface area contributed by atoms with Crippen LogP contribution in [0.15, 0.2) is 48.5 Å². The number of likely N-dealkylation sites (tertiary alicyclic amines) is 1. The molecule has 0 bridgehead atoms. The van der Waals surface area contributed by atoms with Gasteiger partial charge in [-0.25, -0.2) is 8.78 Å². The van der Waals surface area contributed by atoms with Gasteiger partial charge in [0.05, 0.1) is 12.5 Å². The summed E-state index contributed by atoms with van der Waals surface area (Å²) in [5.74, 6) is -0.393. The number of benzene rings is 2. The molecule has 2 saturated heterocycles. The summed E-state index contributed by atoms with van der Waals surface area (Å²) < 4.78 is 26.7. The van der Waals surface area contributed by atoms with Crippen LogP contribution in [0.2, 0.25) is 0 Å². The molecule has 1 amide bonds. The number of piperidine rings is 1. The fourth-order valence-electron chi connectivity index (χ4n) is 4.38. The highest BCUT2D eigenvalue weighted by Gasteiger charge is 2.44. The highest BCUT2D eigenvalue weighted by atomic mass is 19.1. The van der Waals surface area contributed by atoms with Gasteiger partial charge in [0, 0.05) is 25.0 Å². The monoisotopic (exact) mass is 356 g/mol. The maximum Gasteiger partial charge on any atom is 0.227 e. The van der Waals surface area contributed by atoms with Gasteiger partial charge in [-0.3, -0.25) is 4.79 Å². The highest BCUT2D eigenvalue weighted by Crippen LogP contribution is 2.35. The van der Waals surface area contributed by atoms with Crippen molar-refractivity contribution in [2.75, 3.05) is 13.1 Å². The van der Waals surface area contributed by atoms with Crippen LogP contribution in [0.1, 0.15) is 29.9 Å². The van der Waals surface area contributed by atoms with Crippen LogP contribution in [0.5, 0.6) is 0 Å². The van der Waals surface area contributed by atoms with Gasteiger partial charge in [0.25, 0.3) is 0 Å². The molecule has 3 atom stereocenters. The molecule has 0 unspecified atom stereocenters. The zero-order chi connectivity index (χ0) is 18.1. The summed E-state index contributed by atoms with van der Waals surface area (Å²) in [6, 6.07) is 13.1. The van der Waals surface area contributed by atoms with Crippen LogP contribution >= 0.6 is 0 Å². The average Bonchev–Trinajstić information content (AvgIpc) is 3.06. The van der Waals surface area contributed by atoms with Gasteiger partial charge in [0.15, 0.2) is 0 Å². The van der Waals surface area contributed by atoms with Gasteiger partial charge in [-0.2, -0.15) is 0 Å². The summed E-state index contributed by atoms with van der Waals surface area (Å²) in [4.78, 5) is 14.9. The summed E-state index contributed by atoms with van der Waals surface area (Å²) >= 11 is 0. The molecule has 2 aromatic rings. The molecule has 4 rings (SSSR count). The van der Waals surface area contributed by atoms with Crippen molar-refractivity contribution in [1.29, 1.82) is 0 Å². The van der Waals surface area contributed by atoms with Crippen molar-refractivity contribution >= 4 is 5.91 Å². The Bertz CT molecular complexity index is 793. The summed E-state index contributed by atoms with van der Waals surface area (Å²) in [5.41, 5.74) is 1.75. The predicted molar refractivity (Wildman–Crippen MR) is 95.8 cm³/mol. The number of nitrogens with zero attached hydrogens (tertiary/aromatic N) is 1. The fraction of sp³-hybridized carbons (Fsp3) is 0.381. The molecule has 0 aliphatic carbocycles. The third-order valence-corrected chi connectivity index (χ3v) is 5.56. The van der Waals surface area contributed by atoms with Gasteiger partial charge in [-0.15, -0.1) is 0 Å². The molecular formula is C21H22F2N2O. The van der Waals surface area contributed by atoms with E-state index in [1.807, 2.05) is 17.0 Å². The Balaban J connectivity index is 1.56. The minimum Gasteiger partial charge on any atom is -0.337 e. The normalized spacial score (nSPS) is 25.2. The Morgan fingerprint density at radius 2 is 1.92 bits per heavy atom. The minimum absolute atomic E-state index is 0.0288. The Morgan fingerprint density at radius 1 is 1.12 bits per heavy atom. The first-order valence-electron chi connectivity index (χ1n) is 9.14. The van der Waals surface area contributed by atoms with Crippen LogP contribution in [0.4, 0.5) is 8.78 Å². The fourth-order valence-corrected chi connectivity index (χ4v) is 4.38. The number of halogens is 2. The predicted octanol–water partition coefficient (Wildman–Crippen LogP) is 3.25. The van der Waals surface area contributed by atoms with Gasteiger partial charge in [0.2, 0.25) is 5.91 Å². The first kappa shape index (κ1) is 17.2. The van der Waals surface area contributed by atoms with Crippen molar-refractivity contribution in [2.45, 2.75) is 37.3 Å². The summed E-state index contributed by atoms with van der Waals surface area (Å²) in [5, 5.41) is 3.53. The van der Waals surface area contributed by atoms with E-state index in [2.05, 4.69) is 5.32 Å². The lowest BCUT2D eigenvalue weighted by atomic mass is 9.85. The van der Waals surface area contributed by atoms with E-state index in [0.29, 0.717) is 12.1 Å². The largest absolute Gasteiger partial charge is 0.337 e. The second-order valence-corrected chi connectivity index (χ2v) is 7.20. The van der Waals surface area contributed by atoms with E-state index in [1.165, 1.54) is 24.3 Å². The van der Waals surface area contributed by atoms with Gasteiger partial charge in [0.1, 0.15) is 11.6 Å². The molecule has 26 heavy (non-hydrogen) atoms. The lowest BCUT2D eigenvalue weighted by molar-refractivity contribution is -0.134. The van der Waals surface area contributed by atoms with Crippen molar-refractivity contribution in [3.8, 4) is 0 Å². The number of amides is 1. The Morgan fingerprint density at radius 3 is 2.69 bits per heavy atom. The molecule has 2 aliphatic rings. The molecule has 3 nitrogen and oxygen atoms in total. The first-order chi connectivity index (χ1) is 12.6. The number of carbonyl (C=O) groups is 1. The van der Waals surface area contributed by atoms with E-state index in [9.17, 15) is 13.6 Å². The maximum atomic E-state index is 13.4. The van der Waals surface area contributed by atoms with Crippen LogP contribution in [0.3, 0.4) is 0 Å². The lowest BCUT2D eigenvalue weighted by Crippen LogP contribution is -2.53. The molecule has 0 aromatic heterocycles. The third kappa shape index (κ3) is 3.36. The van der Waals surface area contributed by atoms with Crippen LogP contribution in [0, 0.1) is 11.6 Å². The van der Waals surface area contributed by atoms with Gasteiger partial charge in [-0.1, -0.05) is 24.3 Å². The van der Waals surface area contributed by atoms with Crippen LogP contribution in [0.25, 0.3) is 0 Å². The molecule has 1 N–H and O–H groups in total. The molecule has 2 heterocycles. The number of hydrogen-bond acceptors (Lipinski definition) is 2. The molecule has 2 aromatic carbocycles. The molecular weight excluding hydrogens is 334 g/mol. The Labute approximate surface area is 152 Å². The molecule has 136 valence electrons. The molecule has 0 spiro atoms. The van der Waals surface area contributed by atoms with Crippen molar-refractivity contribution < 1.29 is 13.6 Å². The van der Waals surface area contributed by atoms with Crippen molar-refractivity contribution in [2.24, 2.45) is 0 Å². The zero-order valence-electron chi connectivity index (χ0n) is 14.5. The van der Waals surface area contributed by atoms with Gasteiger partial charge in [-0.05, 0) is 48.2 Å². The molecule has 2 fully saturated rings. The smallest absolute Gasteiger partial charge is 0.227 e. The van der Waals surface area contributed by atoms with Gasteiger partial charge < -0.3 is 10.2 Å². The number of rotatable bonds is 3. The van der Waals surface area contributed by atoms with E-state index in [-0.39, 0.29) is 42.0 Å². The van der Waals surface area contributed by atoms with E-state index in [4.69, 9.17) is 0 Å². The third-order valence-electron chi connectivity index (χ3n) is 5.56. The van der Waals surface area contributed by atoms with Crippen molar-refractivity contribution in [3.63, 3.8) is 0 Å². The van der Waals surface area contributed by atoms with Crippen molar-refractivity contribution in [3.05, 3.63) is 71.3 Å². The van der Waals surface area contributed by atoms with Crippen LogP contribution in [-0.4, -0.2) is 36.0 Å². The lowest BCUT2D eigenvalue weighted by Gasteiger charge is -2.40. The maximum absolute atomic E-state index is 13.4. The number of carbonyl (C=O) groups excluding carboxylic acids is 1. The number of fused-ring (bicyclic) bond motifs is 1. The SMILES string of the molecule is O=C(Cc1cccc(F)c1)N1CCC[C@H]2NC[C@H](c3ccc(F)cc3)[C@H]21. The Hall–Kier alpha value is -2.27. The van der Waals surface area contributed by atoms with Crippen molar-refractivity contribution in [1.82, 2.24) is 10.2 Å². The molecule has 0 radical (unpaired) electrons.